The molecule has 0 atom stereocenters. The summed E-state index contributed by atoms with van der Waals surface area (Å²) in [6.45, 7) is 4.17. The minimum absolute atomic E-state index is 0. The fourth-order valence-corrected chi connectivity index (χ4v) is 0.940. The topological polar surface area (TPSA) is 0 Å². The van der Waals surface area contributed by atoms with Crippen molar-refractivity contribution < 1.29 is 26.2 Å². The quantitative estimate of drug-likeness (QED) is 0.503. The number of rotatable bonds is 0. The second-order valence-corrected chi connectivity index (χ2v) is 2.92. The van der Waals surface area contributed by atoms with E-state index in [1.807, 2.05) is 24.3 Å². The number of alkyl halides is 1. The molecule has 0 radical (unpaired) electrons. The van der Waals surface area contributed by atoms with Gasteiger partial charge in [0, 0.05) is 6.38 Å². The Morgan fingerprint density at radius 1 is 0.667 bits per heavy atom. The molecular formula is C13H17ClZr. The molecule has 0 aliphatic heterocycles. The third-order valence-electron chi connectivity index (χ3n) is 1.66. The first-order chi connectivity index (χ1) is 6.79. The Hall–Kier alpha value is -0.127. The summed E-state index contributed by atoms with van der Waals surface area (Å²) in [5, 5.41) is 0. The number of hydrogen-bond donors (Lipinski definition) is 0. The number of aryl methyl sites for hydroxylation is 2. The monoisotopic (exact) mass is 298 g/mol. The molecule has 0 amide bonds. The average molecular weight is 300 g/mol. The van der Waals surface area contributed by atoms with Gasteiger partial charge < -0.3 is 0 Å². The van der Waals surface area contributed by atoms with Crippen molar-refractivity contribution in [3.8, 4) is 0 Å². The molecule has 2 aromatic carbocycles. The van der Waals surface area contributed by atoms with Crippen LogP contribution in [0.2, 0.25) is 0 Å². The molecule has 0 spiro atoms. The first-order valence-electron chi connectivity index (χ1n) is 4.53. The summed E-state index contributed by atoms with van der Waals surface area (Å²) in [5.74, 6) is 0. The van der Waals surface area contributed by atoms with Gasteiger partial charge in [-0.05, 0) is 0 Å². The van der Waals surface area contributed by atoms with E-state index in [4.69, 9.17) is 0 Å². The van der Waals surface area contributed by atoms with Gasteiger partial charge >= 0.3 is 26.2 Å². The van der Waals surface area contributed by atoms with E-state index in [9.17, 15) is 0 Å². The van der Waals surface area contributed by atoms with Gasteiger partial charge in [-0.2, -0.15) is 35.4 Å². The first-order valence-corrected chi connectivity index (χ1v) is 5.29. The van der Waals surface area contributed by atoms with Crippen LogP contribution >= 0.6 is 11.6 Å². The summed E-state index contributed by atoms with van der Waals surface area (Å²) >= 11 is 4.64. The summed E-state index contributed by atoms with van der Waals surface area (Å²) in [6.07, 6.45) is 1.47. The fourth-order valence-electron chi connectivity index (χ4n) is 0.940. The molecular weight excluding hydrogens is 283 g/mol. The van der Waals surface area contributed by atoms with Crippen molar-refractivity contribution in [3.05, 3.63) is 59.7 Å². The molecule has 2 rings (SSSR count). The van der Waals surface area contributed by atoms with Gasteiger partial charge in [-0.15, -0.1) is 11.6 Å². The SMILES string of the molecule is CCl.C[c-]1cccc1.C[c-]1cccc1.[Zr+2]. The molecule has 0 saturated heterocycles. The van der Waals surface area contributed by atoms with Crippen molar-refractivity contribution in [2.24, 2.45) is 0 Å². The van der Waals surface area contributed by atoms with Crippen molar-refractivity contribution >= 4 is 11.6 Å². The summed E-state index contributed by atoms with van der Waals surface area (Å²) < 4.78 is 0. The van der Waals surface area contributed by atoms with Crippen LogP contribution in [0.1, 0.15) is 11.1 Å². The maximum absolute atomic E-state index is 4.64. The van der Waals surface area contributed by atoms with E-state index in [1.165, 1.54) is 17.5 Å². The van der Waals surface area contributed by atoms with Gasteiger partial charge in [0.25, 0.3) is 0 Å². The second kappa shape index (κ2) is 11.9. The van der Waals surface area contributed by atoms with Gasteiger partial charge in [-0.3, -0.25) is 0 Å². The summed E-state index contributed by atoms with van der Waals surface area (Å²) in [6, 6.07) is 16.5. The summed E-state index contributed by atoms with van der Waals surface area (Å²) in [7, 11) is 0. The van der Waals surface area contributed by atoms with Gasteiger partial charge in [0.15, 0.2) is 0 Å². The smallest absolute Gasteiger partial charge is 0.213 e. The molecule has 0 unspecified atom stereocenters. The largest absolute Gasteiger partial charge is 2.00 e. The zero-order chi connectivity index (χ0) is 10.8. The minimum atomic E-state index is 0. The third-order valence-corrected chi connectivity index (χ3v) is 1.66. The molecule has 2 heteroatoms. The van der Waals surface area contributed by atoms with Crippen LogP contribution in [0, 0.1) is 13.8 Å². The van der Waals surface area contributed by atoms with Crippen molar-refractivity contribution in [1.29, 1.82) is 0 Å². The Balaban J connectivity index is 0. The molecule has 0 aromatic heterocycles. The summed E-state index contributed by atoms with van der Waals surface area (Å²) in [4.78, 5) is 0. The average Bonchev–Trinajstić information content (AvgIpc) is 2.83. The standard InChI is InChI=1S/2C6H7.CH3Cl.Zr/c2*1-6-4-2-3-5-6;1-2;/h2*2-5H,1H3;1H3;/q2*-1;;+2. The van der Waals surface area contributed by atoms with E-state index >= 15 is 0 Å². The third kappa shape index (κ3) is 10.2. The van der Waals surface area contributed by atoms with Crippen molar-refractivity contribution in [2.45, 2.75) is 13.8 Å². The van der Waals surface area contributed by atoms with Gasteiger partial charge in [-0.25, -0.2) is 24.3 Å². The number of hydrogen-bond acceptors (Lipinski definition) is 0. The predicted molar refractivity (Wildman–Crippen MR) is 65.3 cm³/mol. The second-order valence-electron chi connectivity index (χ2n) is 2.92. The molecule has 2 aromatic rings. The van der Waals surface area contributed by atoms with Crippen molar-refractivity contribution in [1.82, 2.24) is 0 Å². The molecule has 0 aliphatic carbocycles. The summed E-state index contributed by atoms with van der Waals surface area (Å²) in [5.41, 5.74) is 2.69. The molecule has 0 fully saturated rings. The van der Waals surface area contributed by atoms with Crippen LogP contribution in [0.15, 0.2) is 48.5 Å². The van der Waals surface area contributed by atoms with Crippen LogP contribution < -0.4 is 0 Å². The van der Waals surface area contributed by atoms with E-state index in [0.29, 0.717) is 0 Å². The van der Waals surface area contributed by atoms with Crippen LogP contribution in [-0.2, 0) is 26.2 Å². The Labute approximate surface area is 117 Å². The fraction of sp³-hybridized carbons (Fsp3) is 0.231. The normalized spacial score (nSPS) is 7.47. The molecule has 0 aliphatic rings. The minimum Gasteiger partial charge on any atom is -0.213 e. The predicted octanol–water partition coefficient (Wildman–Crippen LogP) is 4.28. The molecule has 0 nitrogen and oxygen atoms in total. The van der Waals surface area contributed by atoms with Gasteiger partial charge in [0.05, 0.1) is 0 Å². The molecule has 0 saturated carbocycles. The molecule has 0 bridgehead atoms. The van der Waals surface area contributed by atoms with E-state index in [1.54, 1.807) is 0 Å². The maximum atomic E-state index is 4.64. The molecule has 0 N–H and O–H groups in total. The Morgan fingerprint density at radius 2 is 0.867 bits per heavy atom. The van der Waals surface area contributed by atoms with Crippen LogP contribution in [0.25, 0.3) is 0 Å². The zero-order valence-electron chi connectivity index (χ0n) is 9.50. The Morgan fingerprint density at radius 3 is 0.933 bits per heavy atom. The first kappa shape index (κ1) is 17.3. The van der Waals surface area contributed by atoms with Crippen molar-refractivity contribution in [2.75, 3.05) is 6.38 Å². The molecule has 80 valence electrons. The van der Waals surface area contributed by atoms with E-state index in [2.05, 4.69) is 49.7 Å². The maximum Gasteiger partial charge on any atom is 2.00 e. The van der Waals surface area contributed by atoms with Crippen LogP contribution in [0.4, 0.5) is 0 Å². The number of halogens is 1. The van der Waals surface area contributed by atoms with Gasteiger partial charge in [0.1, 0.15) is 0 Å². The molecule has 0 heterocycles. The Kier molecular flexibility index (Phi) is 13.8. The Bertz CT molecular complexity index is 250. The van der Waals surface area contributed by atoms with Crippen LogP contribution in [-0.4, -0.2) is 6.38 Å². The van der Waals surface area contributed by atoms with Crippen molar-refractivity contribution in [3.63, 3.8) is 0 Å². The van der Waals surface area contributed by atoms with E-state index in [0.717, 1.165) is 0 Å². The van der Waals surface area contributed by atoms with Gasteiger partial charge in [-0.1, -0.05) is 13.8 Å². The van der Waals surface area contributed by atoms with Crippen LogP contribution in [0.3, 0.4) is 0 Å². The van der Waals surface area contributed by atoms with Crippen LogP contribution in [0.5, 0.6) is 0 Å². The van der Waals surface area contributed by atoms with Gasteiger partial charge in [0.2, 0.25) is 0 Å². The zero-order valence-corrected chi connectivity index (χ0v) is 12.7. The van der Waals surface area contributed by atoms with E-state index < -0.39 is 0 Å². The molecule has 15 heavy (non-hydrogen) atoms. The van der Waals surface area contributed by atoms with E-state index in [-0.39, 0.29) is 26.2 Å².